The van der Waals surface area contributed by atoms with Gasteiger partial charge in [0.15, 0.2) is 0 Å². The molecule has 0 unspecified atom stereocenters. The zero-order valence-corrected chi connectivity index (χ0v) is 7.90. The van der Waals surface area contributed by atoms with Crippen molar-refractivity contribution in [1.29, 1.82) is 0 Å². The van der Waals surface area contributed by atoms with Crippen molar-refractivity contribution in [1.82, 2.24) is 5.32 Å². The predicted molar refractivity (Wildman–Crippen MR) is 53.9 cm³/mol. The second-order valence-electron chi connectivity index (χ2n) is 4.12. The van der Waals surface area contributed by atoms with Crippen LogP contribution < -0.4 is 5.32 Å². The van der Waals surface area contributed by atoms with Gasteiger partial charge in [0, 0.05) is 6.54 Å². The van der Waals surface area contributed by atoms with Crippen LogP contribution >= 0.6 is 0 Å². The number of rotatable bonds is 0. The van der Waals surface area contributed by atoms with E-state index in [1.165, 1.54) is 32.2 Å². The highest BCUT2D eigenvalue weighted by Crippen LogP contribution is 2.29. The SMILES string of the molecule is c1cc2c(c3c1CCC3)CCNC2. The van der Waals surface area contributed by atoms with Crippen LogP contribution in [0.1, 0.15) is 28.7 Å². The summed E-state index contributed by atoms with van der Waals surface area (Å²) in [7, 11) is 0. The summed E-state index contributed by atoms with van der Waals surface area (Å²) in [5.41, 5.74) is 6.54. The maximum absolute atomic E-state index is 3.43. The van der Waals surface area contributed by atoms with Crippen molar-refractivity contribution in [3.63, 3.8) is 0 Å². The quantitative estimate of drug-likeness (QED) is 0.631. The molecule has 1 heterocycles. The van der Waals surface area contributed by atoms with Crippen LogP contribution in [0.4, 0.5) is 0 Å². The minimum Gasteiger partial charge on any atom is -0.312 e. The largest absolute Gasteiger partial charge is 0.312 e. The number of nitrogens with one attached hydrogen (secondary N) is 1. The molecule has 0 fully saturated rings. The van der Waals surface area contributed by atoms with Crippen LogP contribution in [0.25, 0.3) is 0 Å². The molecule has 0 saturated heterocycles. The van der Waals surface area contributed by atoms with Gasteiger partial charge in [-0.1, -0.05) is 12.1 Å². The summed E-state index contributed by atoms with van der Waals surface area (Å²) in [5, 5.41) is 3.43. The first-order valence-corrected chi connectivity index (χ1v) is 5.28. The van der Waals surface area contributed by atoms with Gasteiger partial charge in [0.25, 0.3) is 0 Å². The molecule has 0 bridgehead atoms. The Morgan fingerprint density at radius 2 is 1.77 bits per heavy atom. The Labute approximate surface area is 79.2 Å². The molecular formula is C12H15N. The molecule has 1 N–H and O–H groups in total. The van der Waals surface area contributed by atoms with Crippen molar-refractivity contribution in [2.45, 2.75) is 32.2 Å². The Kier molecular flexibility index (Phi) is 1.66. The number of benzene rings is 1. The maximum Gasteiger partial charge on any atom is 0.0208 e. The lowest BCUT2D eigenvalue weighted by Crippen LogP contribution is -2.24. The van der Waals surface area contributed by atoms with Gasteiger partial charge >= 0.3 is 0 Å². The van der Waals surface area contributed by atoms with E-state index in [4.69, 9.17) is 0 Å². The summed E-state index contributed by atoms with van der Waals surface area (Å²) >= 11 is 0. The highest BCUT2D eigenvalue weighted by atomic mass is 14.9. The molecule has 0 saturated carbocycles. The first-order valence-electron chi connectivity index (χ1n) is 5.28. The van der Waals surface area contributed by atoms with Crippen molar-refractivity contribution >= 4 is 0 Å². The van der Waals surface area contributed by atoms with Crippen molar-refractivity contribution in [2.75, 3.05) is 6.54 Å². The van der Waals surface area contributed by atoms with Crippen molar-refractivity contribution in [3.05, 3.63) is 34.4 Å². The van der Waals surface area contributed by atoms with Crippen LogP contribution in [-0.4, -0.2) is 6.54 Å². The van der Waals surface area contributed by atoms with Gasteiger partial charge in [-0.25, -0.2) is 0 Å². The molecule has 1 aliphatic heterocycles. The molecule has 0 spiro atoms. The van der Waals surface area contributed by atoms with E-state index in [-0.39, 0.29) is 0 Å². The first-order chi connectivity index (χ1) is 6.45. The summed E-state index contributed by atoms with van der Waals surface area (Å²) < 4.78 is 0. The number of fused-ring (bicyclic) bond motifs is 3. The van der Waals surface area contributed by atoms with E-state index in [2.05, 4.69) is 17.4 Å². The highest BCUT2D eigenvalue weighted by Gasteiger charge is 2.18. The standard InChI is InChI=1S/C12H15N/c1-2-9-4-5-10-8-13-7-6-12(10)11(9)3-1/h4-5,13H,1-3,6-8H2. The maximum atomic E-state index is 3.43. The van der Waals surface area contributed by atoms with Gasteiger partial charge in [-0.05, 0) is 54.5 Å². The average molecular weight is 173 g/mol. The molecule has 68 valence electrons. The molecule has 1 aromatic carbocycles. The van der Waals surface area contributed by atoms with Gasteiger partial charge in [-0.3, -0.25) is 0 Å². The van der Waals surface area contributed by atoms with Gasteiger partial charge < -0.3 is 5.32 Å². The summed E-state index contributed by atoms with van der Waals surface area (Å²) in [6, 6.07) is 4.67. The summed E-state index contributed by atoms with van der Waals surface area (Å²) in [4.78, 5) is 0. The Morgan fingerprint density at radius 3 is 2.77 bits per heavy atom. The fourth-order valence-electron chi connectivity index (χ4n) is 2.70. The molecule has 13 heavy (non-hydrogen) atoms. The third-order valence-electron chi connectivity index (χ3n) is 3.37. The summed E-state index contributed by atoms with van der Waals surface area (Å²) in [6.07, 6.45) is 5.27. The Hall–Kier alpha value is -0.820. The predicted octanol–water partition coefficient (Wildman–Crippen LogP) is 1.82. The van der Waals surface area contributed by atoms with Crippen LogP contribution in [-0.2, 0) is 25.8 Å². The molecule has 1 aliphatic carbocycles. The van der Waals surface area contributed by atoms with E-state index in [0.717, 1.165) is 6.54 Å². The van der Waals surface area contributed by atoms with Crippen molar-refractivity contribution in [3.8, 4) is 0 Å². The minimum atomic E-state index is 1.09. The topological polar surface area (TPSA) is 12.0 Å². The van der Waals surface area contributed by atoms with E-state index in [9.17, 15) is 0 Å². The lowest BCUT2D eigenvalue weighted by Gasteiger charge is -2.20. The van der Waals surface area contributed by atoms with Gasteiger partial charge in [-0.15, -0.1) is 0 Å². The van der Waals surface area contributed by atoms with Crippen LogP contribution in [0.5, 0.6) is 0 Å². The van der Waals surface area contributed by atoms with E-state index < -0.39 is 0 Å². The lowest BCUT2D eigenvalue weighted by atomic mass is 9.93. The van der Waals surface area contributed by atoms with Crippen LogP contribution in [0.15, 0.2) is 12.1 Å². The molecule has 0 radical (unpaired) electrons. The van der Waals surface area contributed by atoms with Crippen molar-refractivity contribution in [2.24, 2.45) is 0 Å². The van der Waals surface area contributed by atoms with E-state index >= 15 is 0 Å². The van der Waals surface area contributed by atoms with Gasteiger partial charge in [-0.2, -0.15) is 0 Å². The summed E-state index contributed by atoms with van der Waals surface area (Å²) in [5.74, 6) is 0. The zero-order valence-electron chi connectivity index (χ0n) is 7.90. The first kappa shape index (κ1) is 7.57. The molecule has 0 aromatic heterocycles. The molecule has 2 aliphatic rings. The van der Waals surface area contributed by atoms with Gasteiger partial charge in [0.05, 0.1) is 0 Å². The summed E-state index contributed by atoms with van der Waals surface area (Å²) in [6.45, 7) is 2.26. The van der Waals surface area contributed by atoms with Crippen LogP contribution in [0, 0.1) is 0 Å². The lowest BCUT2D eigenvalue weighted by molar-refractivity contribution is 0.639. The molecule has 0 amide bonds. The van der Waals surface area contributed by atoms with Crippen molar-refractivity contribution < 1.29 is 0 Å². The Balaban J connectivity index is 2.17. The van der Waals surface area contributed by atoms with E-state index in [1.54, 1.807) is 22.3 Å². The third-order valence-corrected chi connectivity index (χ3v) is 3.37. The second kappa shape index (κ2) is 2.85. The highest BCUT2D eigenvalue weighted by molar-refractivity contribution is 5.44. The van der Waals surface area contributed by atoms with E-state index in [1.807, 2.05) is 0 Å². The number of hydrogen-bond donors (Lipinski definition) is 1. The smallest absolute Gasteiger partial charge is 0.0208 e. The second-order valence-corrected chi connectivity index (χ2v) is 4.12. The van der Waals surface area contributed by atoms with Crippen LogP contribution in [0.3, 0.4) is 0 Å². The molecule has 1 heteroatoms. The number of aryl methyl sites for hydroxylation is 1. The van der Waals surface area contributed by atoms with Crippen LogP contribution in [0.2, 0.25) is 0 Å². The van der Waals surface area contributed by atoms with Gasteiger partial charge in [0.1, 0.15) is 0 Å². The zero-order chi connectivity index (χ0) is 8.67. The van der Waals surface area contributed by atoms with Gasteiger partial charge in [0.2, 0.25) is 0 Å². The molecule has 0 atom stereocenters. The van der Waals surface area contributed by atoms with E-state index in [0.29, 0.717) is 0 Å². The molecular weight excluding hydrogens is 158 g/mol. The molecule has 3 rings (SSSR count). The average Bonchev–Trinajstić information content (AvgIpc) is 2.65. The fourth-order valence-corrected chi connectivity index (χ4v) is 2.70. The molecule has 1 nitrogen and oxygen atoms in total. The number of hydrogen-bond acceptors (Lipinski definition) is 1. The Bertz CT molecular complexity index is 341. The fraction of sp³-hybridized carbons (Fsp3) is 0.500. The third kappa shape index (κ3) is 1.11. The normalized spacial score (nSPS) is 19.7. The minimum absolute atomic E-state index is 1.09. The monoisotopic (exact) mass is 173 g/mol. The Morgan fingerprint density at radius 1 is 0.923 bits per heavy atom. The molecule has 1 aromatic rings.